The molecule has 1 N–H and O–H groups in total. The molecular weight excluding hydrogens is 224 g/mol. The Hall–Kier alpha value is -1.01. The van der Waals surface area contributed by atoms with Crippen LogP contribution in [0.5, 0.6) is 0 Å². The molecule has 0 saturated carbocycles. The number of rotatable bonds is 3. The van der Waals surface area contributed by atoms with Gasteiger partial charge in [0.05, 0.1) is 0 Å². The summed E-state index contributed by atoms with van der Waals surface area (Å²) in [6.07, 6.45) is 0. The molecule has 0 radical (unpaired) electrons. The lowest BCUT2D eigenvalue weighted by molar-refractivity contribution is 0.820. The molecule has 0 spiro atoms. The van der Waals surface area contributed by atoms with Gasteiger partial charge in [-0.25, -0.2) is 9.89 Å². The monoisotopic (exact) mass is 230 g/mol. The van der Waals surface area contributed by atoms with Crippen LogP contribution >= 0.6 is 23.4 Å². The quantitative estimate of drug-likeness (QED) is 0.624. The molecule has 0 fully saturated rings. The highest BCUT2D eigenvalue weighted by molar-refractivity contribution is 7.99. The molecule has 7 heteroatoms. The van der Waals surface area contributed by atoms with E-state index >= 15 is 0 Å². The molecule has 0 bridgehead atoms. The van der Waals surface area contributed by atoms with Crippen molar-refractivity contribution >= 4 is 29.0 Å². The van der Waals surface area contributed by atoms with E-state index in [1.807, 2.05) is 6.07 Å². The topological polar surface area (TPSA) is 63.0 Å². The van der Waals surface area contributed by atoms with E-state index in [4.69, 9.17) is 11.6 Å². The maximum atomic E-state index is 11.2. The van der Waals surface area contributed by atoms with E-state index in [-0.39, 0.29) is 5.69 Å². The lowest BCUT2D eigenvalue weighted by atomic mass is 10.6. The third-order valence-electron chi connectivity index (χ3n) is 1.58. The summed E-state index contributed by atoms with van der Waals surface area (Å²) in [6, 6.07) is 3.55. The second kappa shape index (κ2) is 4.02. The minimum absolute atomic E-state index is 0.326. The fraction of sp³-hybridized carbons (Fsp3) is 0.286. The zero-order valence-corrected chi connectivity index (χ0v) is 8.68. The van der Waals surface area contributed by atoms with Crippen LogP contribution in [0.4, 0.5) is 0 Å². The number of aromatic nitrogens is 4. The number of halogens is 1. The van der Waals surface area contributed by atoms with Gasteiger partial charge >= 0.3 is 5.69 Å². The molecule has 0 aliphatic heterocycles. The van der Waals surface area contributed by atoms with Crippen LogP contribution in [0.15, 0.2) is 22.0 Å². The highest BCUT2D eigenvalue weighted by atomic mass is 35.5. The second-order valence-electron chi connectivity index (χ2n) is 2.51. The van der Waals surface area contributed by atoms with Crippen molar-refractivity contribution in [2.75, 3.05) is 11.6 Å². The smallest absolute Gasteiger partial charge is 0.244 e. The van der Waals surface area contributed by atoms with E-state index in [1.165, 1.54) is 16.3 Å². The summed E-state index contributed by atoms with van der Waals surface area (Å²) in [6.45, 7) is 0. The summed E-state index contributed by atoms with van der Waals surface area (Å²) in [7, 11) is 0. The Balaban J connectivity index is 2.39. The number of fused-ring (bicyclic) bond motifs is 1. The third-order valence-corrected chi connectivity index (χ3v) is 2.91. The van der Waals surface area contributed by atoms with E-state index in [2.05, 4.69) is 15.3 Å². The normalized spacial score (nSPS) is 10.9. The van der Waals surface area contributed by atoms with E-state index in [0.717, 1.165) is 10.8 Å². The van der Waals surface area contributed by atoms with E-state index in [0.29, 0.717) is 11.5 Å². The average Bonchev–Trinajstić information content (AvgIpc) is 2.57. The number of hydrogen-bond acceptors (Lipinski definition) is 4. The Morgan fingerprint density at radius 1 is 1.57 bits per heavy atom. The van der Waals surface area contributed by atoms with E-state index in [9.17, 15) is 4.79 Å². The number of nitrogens with zero attached hydrogens (tertiary/aromatic N) is 3. The molecule has 2 aromatic heterocycles. The molecule has 0 atom stereocenters. The lowest BCUT2D eigenvalue weighted by Crippen LogP contribution is -2.12. The average molecular weight is 231 g/mol. The zero-order valence-electron chi connectivity index (χ0n) is 7.11. The summed E-state index contributed by atoms with van der Waals surface area (Å²) in [5, 5.41) is 10.9. The van der Waals surface area contributed by atoms with Crippen LogP contribution in [0.3, 0.4) is 0 Å². The minimum Gasteiger partial charge on any atom is -0.244 e. The van der Waals surface area contributed by atoms with Gasteiger partial charge in [-0.1, -0.05) is 0 Å². The van der Waals surface area contributed by atoms with Crippen molar-refractivity contribution in [3.05, 3.63) is 22.6 Å². The van der Waals surface area contributed by atoms with Crippen LogP contribution in [0.25, 0.3) is 5.65 Å². The highest BCUT2D eigenvalue weighted by Gasteiger charge is 2.02. The first-order chi connectivity index (χ1) is 6.81. The number of alkyl halides is 1. The molecule has 0 amide bonds. The summed E-state index contributed by atoms with van der Waals surface area (Å²) >= 11 is 7.05. The SMILES string of the molecule is O=c1[nH]nc2ccc(SCCCl)nn12. The van der Waals surface area contributed by atoms with Crippen molar-refractivity contribution in [3.8, 4) is 0 Å². The molecule has 2 aromatic rings. The van der Waals surface area contributed by atoms with Gasteiger partial charge in [0.1, 0.15) is 5.03 Å². The number of hydrogen-bond donors (Lipinski definition) is 1. The van der Waals surface area contributed by atoms with Gasteiger partial charge in [-0.05, 0) is 12.1 Å². The molecule has 0 unspecified atom stereocenters. The fourth-order valence-corrected chi connectivity index (χ4v) is 1.83. The van der Waals surface area contributed by atoms with Gasteiger partial charge in [0.25, 0.3) is 0 Å². The zero-order chi connectivity index (χ0) is 9.97. The lowest BCUT2D eigenvalue weighted by Gasteiger charge is -1.97. The molecule has 0 aliphatic carbocycles. The van der Waals surface area contributed by atoms with Crippen molar-refractivity contribution in [1.82, 2.24) is 19.8 Å². The summed E-state index contributed by atoms with van der Waals surface area (Å²) in [5.41, 5.74) is 0.193. The van der Waals surface area contributed by atoms with Gasteiger partial charge in [-0.3, -0.25) is 0 Å². The predicted molar refractivity (Wildman–Crippen MR) is 55.1 cm³/mol. The number of nitrogens with one attached hydrogen (secondary N) is 1. The number of H-pyrrole nitrogens is 1. The van der Waals surface area contributed by atoms with Gasteiger partial charge in [-0.15, -0.1) is 23.4 Å². The van der Waals surface area contributed by atoms with Crippen molar-refractivity contribution in [2.24, 2.45) is 0 Å². The molecule has 74 valence electrons. The van der Waals surface area contributed by atoms with Crippen LogP contribution in [-0.4, -0.2) is 31.4 Å². The molecule has 0 saturated heterocycles. The third kappa shape index (κ3) is 1.76. The molecule has 2 rings (SSSR count). The maximum Gasteiger partial charge on any atom is 0.364 e. The molecular formula is C7H7ClN4OS. The van der Waals surface area contributed by atoms with Crippen LogP contribution in [-0.2, 0) is 0 Å². The summed E-state index contributed by atoms with van der Waals surface area (Å²) in [4.78, 5) is 11.2. The van der Waals surface area contributed by atoms with Crippen molar-refractivity contribution in [2.45, 2.75) is 5.03 Å². The van der Waals surface area contributed by atoms with Crippen molar-refractivity contribution < 1.29 is 0 Å². The molecule has 5 nitrogen and oxygen atoms in total. The van der Waals surface area contributed by atoms with Gasteiger partial charge < -0.3 is 0 Å². The first-order valence-electron chi connectivity index (χ1n) is 3.94. The van der Waals surface area contributed by atoms with Crippen molar-refractivity contribution in [1.29, 1.82) is 0 Å². The summed E-state index contributed by atoms with van der Waals surface area (Å²) in [5.74, 6) is 1.33. The van der Waals surface area contributed by atoms with Gasteiger partial charge in [0.2, 0.25) is 0 Å². The second-order valence-corrected chi connectivity index (χ2v) is 4.00. The first-order valence-corrected chi connectivity index (χ1v) is 5.46. The Kier molecular flexibility index (Phi) is 2.74. The molecule has 0 aliphatic rings. The number of thioether (sulfide) groups is 1. The molecule has 0 aromatic carbocycles. The van der Waals surface area contributed by atoms with Gasteiger partial charge in [0, 0.05) is 11.6 Å². The van der Waals surface area contributed by atoms with Gasteiger partial charge in [0.15, 0.2) is 5.65 Å². The molecule has 14 heavy (non-hydrogen) atoms. The van der Waals surface area contributed by atoms with Gasteiger partial charge in [-0.2, -0.15) is 14.7 Å². The van der Waals surface area contributed by atoms with E-state index in [1.54, 1.807) is 6.07 Å². The fourth-order valence-electron chi connectivity index (χ4n) is 1.01. The highest BCUT2D eigenvalue weighted by Crippen LogP contribution is 2.14. The van der Waals surface area contributed by atoms with Crippen LogP contribution in [0, 0.1) is 0 Å². The van der Waals surface area contributed by atoms with Crippen LogP contribution in [0.2, 0.25) is 0 Å². The Bertz CT molecular complexity index is 494. The van der Waals surface area contributed by atoms with Crippen LogP contribution < -0.4 is 5.69 Å². The predicted octanol–water partition coefficient (Wildman–Crippen LogP) is 0.748. The number of aromatic amines is 1. The summed E-state index contributed by atoms with van der Waals surface area (Å²) < 4.78 is 1.23. The van der Waals surface area contributed by atoms with E-state index < -0.39 is 0 Å². The minimum atomic E-state index is -0.326. The van der Waals surface area contributed by atoms with Crippen molar-refractivity contribution in [3.63, 3.8) is 0 Å². The standard InChI is InChI=1S/C7H7ClN4OS/c8-3-4-14-6-2-1-5-9-10-7(13)12(5)11-6/h1-2H,3-4H2,(H,10,13). The van der Waals surface area contributed by atoms with Crippen LogP contribution in [0.1, 0.15) is 0 Å². The Morgan fingerprint density at radius 2 is 2.43 bits per heavy atom. The maximum absolute atomic E-state index is 11.2. The molecule has 2 heterocycles. The Labute approximate surface area is 88.5 Å². The Morgan fingerprint density at radius 3 is 3.21 bits per heavy atom. The largest absolute Gasteiger partial charge is 0.364 e. The first kappa shape index (κ1) is 9.54.